The average molecular weight is 266 g/mol. The van der Waals surface area contributed by atoms with Crippen LogP contribution in [-0.2, 0) is 13.0 Å². The van der Waals surface area contributed by atoms with E-state index in [1.54, 1.807) is 0 Å². The molecule has 1 unspecified atom stereocenters. The van der Waals surface area contributed by atoms with Gasteiger partial charge in [0, 0.05) is 13.0 Å². The van der Waals surface area contributed by atoms with Gasteiger partial charge in [0.2, 0.25) is 5.89 Å². The molecule has 1 saturated heterocycles. The molecule has 19 heavy (non-hydrogen) atoms. The topological polar surface area (TPSA) is 68.2 Å². The summed E-state index contributed by atoms with van der Waals surface area (Å²) in [7, 11) is 0. The third-order valence-electron chi connectivity index (χ3n) is 3.64. The molecule has 0 saturated carbocycles. The summed E-state index contributed by atoms with van der Waals surface area (Å²) in [5.41, 5.74) is 5.65. The van der Waals surface area contributed by atoms with Gasteiger partial charge in [-0.25, -0.2) is 0 Å². The minimum absolute atomic E-state index is 0.564. The molecule has 1 aromatic rings. The summed E-state index contributed by atoms with van der Waals surface area (Å²) in [6, 6.07) is 0. The van der Waals surface area contributed by atoms with Gasteiger partial charge in [0.1, 0.15) is 0 Å². The first-order valence-corrected chi connectivity index (χ1v) is 7.41. The maximum absolute atomic E-state index is 5.65. The Labute approximate surface area is 115 Å². The Hall–Kier alpha value is -0.940. The lowest BCUT2D eigenvalue weighted by Crippen LogP contribution is -2.35. The van der Waals surface area contributed by atoms with Gasteiger partial charge in [0.15, 0.2) is 5.82 Å². The molecule has 1 atom stereocenters. The number of nitrogens with zero attached hydrogens (tertiary/aromatic N) is 3. The molecule has 108 valence electrons. The van der Waals surface area contributed by atoms with Crippen LogP contribution >= 0.6 is 0 Å². The number of likely N-dealkylation sites (tertiary alicyclic amines) is 1. The van der Waals surface area contributed by atoms with E-state index < -0.39 is 0 Å². The van der Waals surface area contributed by atoms with E-state index in [1.165, 1.54) is 12.8 Å². The summed E-state index contributed by atoms with van der Waals surface area (Å²) in [5.74, 6) is 2.88. The minimum Gasteiger partial charge on any atom is -0.338 e. The predicted molar refractivity (Wildman–Crippen MR) is 74.5 cm³/mol. The molecular weight excluding hydrogens is 240 g/mol. The standard InChI is InChI=1S/C14H26N4O/c1-11(2)8-13-16-14(19-17-13)10-18-7-3-4-12(9-18)5-6-15/h11-12H,3-10,15H2,1-2H3. The van der Waals surface area contributed by atoms with Gasteiger partial charge in [-0.1, -0.05) is 19.0 Å². The van der Waals surface area contributed by atoms with E-state index in [-0.39, 0.29) is 0 Å². The minimum atomic E-state index is 0.564. The fourth-order valence-corrected chi connectivity index (χ4v) is 2.76. The zero-order valence-corrected chi connectivity index (χ0v) is 12.1. The fourth-order valence-electron chi connectivity index (χ4n) is 2.76. The second kappa shape index (κ2) is 7.01. The van der Waals surface area contributed by atoms with Crippen molar-refractivity contribution in [3.63, 3.8) is 0 Å². The maximum atomic E-state index is 5.65. The summed E-state index contributed by atoms with van der Waals surface area (Å²) in [6.07, 6.45) is 4.56. The van der Waals surface area contributed by atoms with Crippen LogP contribution in [0, 0.1) is 11.8 Å². The molecule has 1 aliphatic rings. The van der Waals surface area contributed by atoms with Gasteiger partial charge in [-0.05, 0) is 44.2 Å². The van der Waals surface area contributed by atoms with Gasteiger partial charge < -0.3 is 10.3 Å². The Morgan fingerprint density at radius 3 is 3.05 bits per heavy atom. The lowest BCUT2D eigenvalue weighted by atomic mass is 9.95. The monoisotopic (exact) mass is 266 g/mol. The second-order valence-corrected chi connectivity index (χ2v) is 6.02. The Bertz CT molecular complexity index is 375. The molecule has 1 aliphatic heterocycles. The molecule has 0 aromatic carbocycles. The average Bonchev–Trinajstić information content (AvgIpc) is 2.76. The molecule has 5 heteroatoms. The zero-order chi connectivity index (χ0) is 13.7. The molecule has 0 aliphatic carbocycles. The van der Waals surface area contributed by atoms with Gasteiger partial charge in [-0.3, -0.25) is 4.90 Å². The van der Waals surface area contributed by atoms with Crippen molar-refractivity contribution in [2.75, 3.05) is 19.6 Å². The highest BCUT2D eigenvalue weighted by molar-refractivity contribution is 4.88. The summed E-state index contributed by atoms with van der Waals surface area (Å²) in [5, 5.41) is 4.04. The van der Waals surface area contributed by atoms with Crippen molar-refractivity contribution in [1.82, 2.24) is 15.0 Å². The molecule has 1 fully saturated rings. The largest absolute Gasteiger partial charge is 0.338 e. The number of aromatic nitrogens is 2. The van der Waals surface area contributed by atoms with E-state index in [9.17, 15) is 0 Å². The summed E-state index contributed by atoms with van der Waals surface area (Å²) < 4.78 is 5.34. The first-order chi connectivity index (χ1) is 9.17. The molecule has 2 rings (SSSR count). The first kappa shape index (κ1) is 14.5. The van der Waals surface area contributed by atoms with Crippen molar-refractivity contribution in [3.8, 4) is 0 Å². The lowest BCUT2D eigenvalue weighted by molar-refractivity contribution is 0.146. The predicted octanol–water partition coefficient (Wildman–Crippen LogP) is 1.83. The van der Waals surface area contributed by atoms with Crippen molar-refractivity contribution in [2.45, 2.75) is 46.1 Å². The SMILES string of the molecule is CC(C)Cc1noc(CN2CCCC(CCN)C2)n1. The van der Waals surface area contributed by atoms with Crippen molar-refractivity contribution >= 4 is 0 Å². The third kappa shape index (κ3) is 4.58. The molecule has 0 spiro atoms. The van der Waals surface area contributed by atoms with Crippen molar-refractivity contribution in [2.24, 2.45) is 17.6 Å². The van der Waals surface area contributed by atoms with Gasteiger partial charge in [-0.15, -0.1) is 0 Å². The van der Waals surface area contributed by atoms with E-state index >= 15 is 0 Å². The van der Waals surface area contributed by atoms with Crippen LogP contribution in [0.3, 0.4) is 0 Å². The van der Waals surface area contributed by atoms with Crippen LogP contribution in [0.5, 0.6) is 0 Å². The summed E-state index contributed by atoms with van der Waals surface area (Å²) >= 11 is 0. The number of nitrogens with two attached hydrogens (primary N) is 1. The van der Waals surface area contributed by atoms with E-state index in [4.69, 9.17) is 10.3 Å². The molecule has 2 N–H and O–H groups in total. The third-order valence-corrected chi connectivity index (χ3v) is 3.64. The van der Waals surface area contributed by atoms with Gasteiger partial charge in [0.25, 0.3) is 0 Å². The van der Waals surface area contributed by atoms with Gasteiger partial charge in [-0.2, -0.15) is 4.98 Å². The second-order valence-electron chi connectivity index (χ2n) is 6.02. The number of hydrogen-bond donors (Lipinski definition) is 1. The lowest BCUT2D eigenvalue weighted by Gasteiger charge is -2.31. The fraction of sp³-hybridized carbons (Fsp3) is 0.857. The Morgan fingerprint density at radius 2 is 2.32 bits per heavy atom. The van der Waals surface area contributed by atoms with E-state index in [1.807, 2.05) is 0 Å². The molecule has 5 nitrogen and oxygen atoms in total. The highest BCUT2D eigenvalue weighted by atomic mass is 16.5. The maximum Gasteiger partial charge on any atom is 0.240 e. The zero-order valence-electron chi connectivity index (χ0n) is 12.1. The van der Waals surface area contributed by atoms with Crippen LogP contribution in [0.15, 0.2) is 4.52 Å². The van der Waals surface area contributed by atoms with Crippen LogP contribution in [-0.4, -0.2) is 34.7 Å². The van der Waals surface area contributed by atoms with Crippen LogP contribution in [0.1, 0.15) is 44.8 Å². The number of hydrogen-bond acceptors (Lipinski definition) is 5. The summed E-state index contributed by atoms with van der Waals surface area (Å²) in [6.45, 7) is 8.14. The van der Waals surface area contributed by atoms with Crippen LogP contribution in [0.25, 0.3) is 0 Å². The Balaban J connectivity index is 1.84. The van der Waals surface area contributed by atoms with Crippen molar-refractivity contribution in [1.29, 1.82) is 0 Å². The van der Waals surface area contributed by atoms with Crippen LogP contribution in [0.4, 0.5) is 0 Å². The quantitative estimate of drug-likeness (QED) is 0.850. The molecule has 0 amide bonds. The summed E-state index contributed by atoms with van der Waals surface area (Å²) in [4.78, 5) is 6.88. The molecule has 0 bridgehead atoms. The normalized spacial score (nSPS) is 21.2. The van der Waals surface area contributed by atoms with Crippen molar-refractivity contribution in [3.05, 3.63) is 11.7 Å². The molecular formula is C14H26N4O. The van der Waals surface area contributed by atoms with Gasteiger partial charge in [0.05, 0.1) is 6.54 Å². The van der Waals surface area contributed by atoms with E-state index in [2.05, 4.69) is 28.9 Å². The number of piperidine rings is 1. The van der Waals surface area contributed by atoms with E-state index in [0.717, 1.165) is 56.7 Å². The Morgan fingerprint density at radius 1 is 1.47 bits per heavy atom. The smallest absolute Gasteiger partial charge is 0.240 e. The highest BCUT2D eigenvalue weighted by Crippen LogP contribution is 2.20. The molecule has 2 heterocycles. The Kier molecular flexibility index (Phi) is 5.34. The first-order valence-electron chi connectivity index (χ1n) is 7.41. The molecule has 1 aromatic heterocycles. The van der Waals surface area contributed by atoms with E-state index in [0.29, 0.717) is 5.92 Å². The van der Waals surface area contributed by atoms with Crippen molar-refractivity contribution < 1.29 is 4.52 Å². The highest BCUT2D eigenvalue weighted by Gasteiger charge is 2.21. The van der Waals surface area contributed by atoms with Crippen LogP contribution < -0.4 is 5.73 Å². The number of rotatable bonds is 6. The van der Waals surface area contributed by atoms with Crippen LogP contribution in [0.2, 0.25) is 0 Å². The molecule has 0 radical (unpaired) electrons. The van der Waals surface area contributed by atoms with Gasteiger partial charge >= 0.3 is 0 Å².